The third kappa shape index (κ3) is 9.67. The predicted molar refractivity (Wildman–Crippen MR) is 169 cm³/mol. The van der Waals surface area contributed by atoms with E-state index in [0.29, 0.717) is 19.4 Å². The quantitative estimate of drug-likeness (QED) is 0.207. The van der Waals surface area contributed by atoms with E-state index < -0.39 is 23.5 Å². The van der Waals surface area contributed by atoms with E-state index in [1.54, 1.807) is 32.1 Å². The summed E-state index contributed by atoms with van der Waals surface area (Å²) in [5.41, 5.74) is 5.84. The molecule has 0 radical (unpaired) electrons. The van der Waals surface area contributed by atoms with Gasteiger partial charge in [-0.1, -0.05) is 40.5 Å². The first-order valence-corrected chi connectivity index (χ1v) is 16.7. The number of epoxide rings is 1. The summed E-state index contributed by atoms with van der Waals surface area (Å²) in [6.45, 7) is 13.7. The van der Waals surface area contributed by atoms with E-state index in [-0.39, 0.29) is 54.2 Å². The van der Waals surface area contributed by atoms with Crippen molar-refractivity contribution in [1.82, 2.24) is 10.3 Å². The summed E-state index contributed by atoms with van der Waals surface area (Å²) in [5.74, 6) is -1.60. The normalized spacial score (nSPS) is 32.5. The summed E-state index contributed by atoms with van der Waals surface area (Å²) in [6, 6.07) is -0.299. The molecule has 3 heterocycles. The topological polar surface area (TPSA) is 144 Å². The SMILES string of the molecule is C/C(=C\c1csc(C)n1)[C@@H]1C[C@@H]2O[C@]2(C)CCC[C@H](C)[C@H](OC(=O)CCCCCN)[C@@H](C)C(=O)C(C)(C)[C@@H](O)CC(=O)N1. The van der Waals surface area contributed by atoms with Crippen LogP contribution in [0.3, 0.4) is 0 Å². The zero-order chi connectivity index (χ0) is 31.9. The van der Waals surface area contributed by atoms with Gasteiger partial charge in [-0.05, 0) is 70.6 Å². The number of aliphatic hydroxyl groups is 1. The fourth-order valence-electron chi connectivity index (χ4n) is 6.20. The van der Waals surface area contributed by atoms with Crippen LogP contribution in [0.2, 0.25) is 0 Å². The number of ether oxygens (including phenoxy) is 2. The molecular formula is C33H53N3O6S. The van der Waals surface area contributed by atoms with E-state index in [1.165, 1.54) is 0 Å². The van der Waals surface area contributed by atoms with Crippen LogP contribution in [0.5, 0.6) is 0 Å². The Morgan fingerprint density at radius 3 is 2.63 bits per heavy atom. The minimum Gasteiger partial charge on any atom is -0.461 e. The largest absolute Gasteiger partial charge is 0.461 e. The standard InChI is InChI=1S/C33H53N3O6S/c1-20-12-11-14-33(7)27(42-33)17-25(21(2)16-24-19-43-23(4)35-24)36-28(38)18-26(37)32(5,6)31(40)22(3)30(20)41-29(39)13-9-8-10-15-34/h16,19-20,22,25-27,30,37H,8-15,17-18,34H2,1-7H3,(H,36,38)/b21-16+/t20-,22+,25-,26-,27-,30-,33+/m0/s1. The lowest BCUT2D eigenvalue weighted by atomic mass is 9.72. The van der Waals surface area contributed by atoms with Gasteiger partial charge in [0.2, 0.25) is 5.91 Å². The van der Waals surface area contributed by atoms with E-state index >= 15 is 0 Å². The Bertz CT molecular complexity index is 1150. The molecule has 2 aliphatic heterocycles. The highest BCUT2D eigenvalue weighted by Crippen LogP contribution is 2.44. The van der Waals surface area contributed by atoms with E-state index in [2.05, 4.69) is 17.2 Å². The number of nitrogens with two attached hydrogens (primary N) is 1. The predicted octanol–water partition coefficient (Wildman–Crippen LogP) is 5.12. The van der Waals surface area contributed by atoms with E-state index in [1.807, 2.05) is 32.2 Å². The molecule has 0 spiro atoms. The second kappa shape index (κ2) is 15.2. The lowest BCUT2D eigenvalue weighted by molar-refractivity contribution is -0.160. The van der Waals surface area contributed by atoms with E-state index in [4.69, 9.17) is 15.2 Å². The second-order valence-electron chi connectivity index (χ2n) is 13.5. The minimum absolute atomic E-state index is 0.0226. The molecule has 0 aliphatic carbocycles. The molecule has 43 heavy (non-hydrogen) atoms. The molecule has 2 aliphatic rings. The third-order valence-corrected chi connectivity index (χ3v) is 10.2. The number of nitrogens with zero attached hydrogens (tertiary/aromatic N) is 1. The molecule has 1 amide bonds. The van der Waals surface area contributed by atoms with Crippen molar-refractivity contribution < 1.29 is 29.0 Å². The Morgan fingerprint density at radius 2 is 1.98 bits per heavy atom. The number of carbonyl (C=O) groups excluding carboxylic acids is 3. The van der Waals surface area contributed by atoms with Crippen LogP contribution < -0.4 is 11.1 Å². The van der Waals surface area contributed by atoms with Gasteiger partial charge in [0.05, 0.1) is 52.3 Å². The molecule has 2 saturated heterocycles. The summed E-state index contributed by atoms with van der Waals surface area (Å²) in [6.07, 6.45) is 5.59. The first-order valence-electron chi connectivity index (χ1n) is 15.9. The number of rotatable bonds is 8. The lowest BCUT2D eigenvalue weighted by Gasteiger charge is -2.36. The fourth-order valence-corrected chi connectivity index (χ4v) is 6.77. The Kier molecular flexibility index (Phi) is 12.5. The zero-order valence-electron chi connectivity index (χ0n) is 27.1. The number of nitrogens with one attached hydrogen (secondary N) is 1. The first-order chi connectivity index (χ1) is 20.2. The van der Waals surface area contributed by atoms with Crippen LogP contribution in [0, 0.1) is 24.2 Å². The number of ketones is 1. The van der Waals surface area contributed by atoms with Crippen molar-refractivity contribution >= 4 is 35.1 Å². The van der Waals surface area contributed by atoms with Crippen molar-refractivity contribution in [1.29, 1.82) is 0 Å². The number of aromatic nitrogens is 1. The monoisotopic (exact) mass is 619 g/mol. The molecule has 0 unspecified atom stereocenters. The Morgan fingerprint density at radius 1 is 1.26 bits per heavy atom. The van der Waals surface area contributed by atoms with Gasteiger partial charge in [0.1, 0.15) is 11.9 Å². The maximum atomic E-state index is 13.9. The van der Waals surface area contributed by atoms with E-state index in [0.717, 1.165) is 48.4 Å². The maximum Gasteiger partial charge on any atom is 0.306 e. The molecule has 1 aromatic heterocycles. The van der Waals surface area contributed by atoms with Gasteiger partial charge >= 0.3 is 5.97 Å². The van der Waals surface area contributed by atoms with Gasteiger partial charge < -0.3 is 25.6 Å². The summed E-state index contributed by atoms with van der Waals surface area (Å²) in [5, 5.41) is 17.3. The van der Waals surface area contributed by atoms with Gasteiger partial charge in [0.15, 0.2) is 0 Å². The van der Waals surface area contributed by atoms with Gasteiger partial charge in [0.25, 0.3) is 0 Å². The Balaban J connectivity index is 1.82. The Hall–Kier alpha value is -2.14. The number of Topliss-reactive ketones (excluding diaryl/α,β-unsaturated/α-hetero) is 1. The van der Waals surface area contributed by atoms with E-state index in [9.17, 15) is 19.5 Å². The van der Waals surface area contributed by atoms with Crippen molar-refractivity contribution in [3.8, 4) is 0 Å². The van der Waals surface area contributed by atoms with Gasteiger partial charge in [0, 0.05) is 18.2 Å². The van der Waals surface area contributed by atoms with Crippen LogP contribution in [0.15, 0.2) is 11.0 Å². The summed E-state index contributed by atoms with van der Waals surface area (Å²) < 4.78 is 12.2. The number of aliphatic hydroxyl groups excluding tert-OH is 1. The van der Waals surface area contributed by atoms with Crippen LogP contribution in [-0.2, 0) is 23.9 Å². The van der Waals surface area contributed by atoms with Gasteiger partial charge in [-0.2, -0.15) is 0 Å². The highest BCUT2D eigenvalue weighted by molar-refractivity contribution is 7.09. The number of aryl methyl sites for hydroxylation is 1. The number of fused-ring (bicyclic) bond motifs is 1. The number of hydrogen-bond donors (Lipinski definition) is 3. The van der Waals surface area contributed by atoms with Gasteiger partial charge in [-0.3, -0.25) is 14.4 Å². The molecule has 3 rings (SSSR count). The Labute approximate surface area is 261 Å². The van der Waals surface area contributed by atoms with Crippen molar-refractivity contribution in [2.24, 2.45) is 23.0 Å². The van der Waals surface area contributed by atoms with Crippen molar-refractivity contribution in [2.75, 3.05) is 6.54 Å². The highest BCUT2D eigenvalue weighted by atomic mass is 32.1. The summed E-state index contributed by atoms with van der Waals surface area (Å²) >= 11 is 1.57. The molecule has 2 fully saturated rings. The van der Waals surface area contributed by atoms with Crippen molar-refractivity contribution in [3.05, 3.63) is 21.7 Å². The highest BCUT2D eigenvalue weighted by Gasteiger charge is 2.52. The number of esters is 1. The maximum absolute atomic E-state index is 13.9. The average Bonchev–Trinajstić information content (AvgIpc) is 3.38. The number of amides is 1. The molecule has 242 valence electrons. The average molecular weight is 620 g/mol. The minimum atomic E-state index is -1.23. The molecule has 10 heteroatoms. The smallest absolute Gasteiger partial charge is 0.306 e. The van der Waals surface area contributed by atoms with Crippen LogP contribution in [-0.4, -0.2) is 64.2 Å². The number of thiazole rings is 1. The summed E-state index contributed by atoms with van der Waals surface area (Å²) in [7, 11) is 0. The lowest BCUT2D eigenvalue weighted by Crippen LogP contribution is -2.48. The van der Waals surface area contributed by atoms with Crippen LogP contribution >= 0.6 is 11.3 Å². The molecule has 1 aromatic rings. The van der Waals surface area contributed by atoms with Crippen LogP contribution in [0.1, 0.15) is 110 Å². The fraction of sp³-hybridized carbons (Fsp3) is 0.758. The number of hydrogen-bond acceptors (Lipinski definition) is 9. The molecule has 0 bridgehead atoms. The molecular weight excluding hydrogens is 566 g/mol. The van der Waals surface area contributed by atoms with Gasteiger partial charge in [-0.25, -0.2) is 4.98 Å². The second-order valence-corrected chi connectivity index (χ2v) is 14.5. The molecule has 9 nitrogen and oxygen atoms in total. The van der Waals surface area contributed by atoms with Crippen LogP contribution in [0.4, 0.5) is 0 Å². The zero-order valence-corrected chi connectivity index (χ0v) is 27.9. The molecule has 0 aromatic carbocycles. The molecule has 7 atom stereocenters. The number of unbranched alkanes of at least 4 members (excludes halogenated alkanes) is 2. The van der Waals surface area contributed by atoms with Gasteiger partial charge in [-0.15, -0.1) is 11.3 Å². The van der Waals surface area contributed by atoms with Crippen LogP contribution in [0.25, 0.3) is 6.08 Å². The van der Waals surface area contributed by atoms with Crippen molar-refractivity contribution in [2.45, 2.75) is 136 Å². The third-order valence-electron chi connectivity index (χ3n) is 9.38. The number of carbonyl (C=O) groups is 3. The molecule has 4 N–H and O–H groups in total. The van der Waals surface area contributed by atoms with Crippen molar-refractivity contribution in [3.63, 3.8) is 0 Å². The first kappa shape index (κ1) is 35.3. The molecule has 0 saturated carbocycles. The summed E-state index contributed by atoms with van der Waals surface area (Å²) in [4.78, 5) is 44.5.